The highest BCUT2D eigenvalue weighted by molar-refractivity contribution is 4.92. The number of aryl methyl sites for hydroxylation is 2. The Bertz CT molecular complexity index is 331. The van der Waals surface area contributed by atoms with E-state index in [0.717, 1.165) is 26.1 Å². The van der Waals surface area contributed by atoms with Gasteiger partial charge in [-0.05, 0) is 39.0 Å². The van der Waals surface area contributed by atoms with Crippen LogP contribution in [0.25, 0.3) is 0 Å². The van der Waals surface area contributed by atoms with Crippen molar-refractivity contribution in [2.24, 2.45) is 7.05 Å². The van der Waals surface area contributed by atoms with E-state index in [9.17, 15) is 0 Å². The van der Waals surface area contributed by atoms with E-state index in [-0.39, 0.29) is 0 Å². The van der Waals surface area contributed by atoms with E-state index in [2.05, 4.69) is 47.6 Å². The molecule has 0 fully saturated rings. The number of nitrogens with zero attached hydrogens (tertiary/aromatic N) is 3. The molecule has 0 spiro atoms. The molecule has 1 atom stereocenters. The van der Waals surface area contributed by atoms with Crippen molar-refractivity contribution in [2.45, 2.75) is 46.1 Å². The number of hydrogen-bond acceptors (Lipinski definition) is 3. The largest absolute Gasteiger partial charge is 0.338 e. The van der Waals surface area contributed by atoms with Crippen molar-refractivity contribution >= 4 is 0 Å². The highest BCUT2D eigenvalue weighted by Crippen LogP contribution is 2.06. The van der Waals surface area contributed by atoms with E-state index < -0.39 is 0 Å². The summed E-state index contributed by atoms with van der Waals surface area (Å²) in [6.07, 6.45) is 7.35. The van der Waals surface area contributed by atoms with Crippen LogP contribution in [0.5, 0.6) is 0 Å². The highest BCUT2D eigenvalue weighted by Gasteiger charge is 2.11. The van der Waals surface area contributed by atoms with Gasteiger partial charge >= 0.3 is 0 Å². The van der Waals surface area contributed by atoms with E-state index >= 15 is 0 Å². The average molecular weight is 266 g/mol. The number of hydrogen-bond donors (Lipinski definition) is 1. The average Bonchev–Trinajstić information content (AvgIpc) is 2.82. The second-order valence-corrected chi connectivity index (χ2v) is 5.06. The van der Waals surface area contributed by atoms with Gasteiger partial charge in [0.2, 0.25) is 0 Å². The molecule has 1 aromatic rings. The van der Waals surface area contributed by atoms with Crippen molar-refractivity contribution in [3.63, 3.8) is 0 Å². The summed E-state index contributed by atoms with van der Waals surface area (Å²) in [5, 5.41) is 3.60. The number of aromatic nitrogens is 2. The molecule has 1 N–H and O–H groups in total. The van der Waals surface area contributed by atoms with Crippen LogP contribution in [0.2, 0.25) is 0 Å². The number of rotatable bonds is 10. The van der Waals surface area contributed by atoms with Crippen LogP contribution < -0.4 is 5.32 Å². The molecule has 1 aromatic heterocycles. The predicted octanol–water partition coefficient (Wildman–Crippen LogP) is 2.06. The van der Waals surface area contributed by atoms with Crippen molar-refractivity contribution in [2.75, 3.05) is 26.2 Å². The summed E-state index contributed by atoms with van der Waals surface area (Å²) in [4.78, 5) is 6.89. The fourth-order valence-corrected chi connectivity index (χ4v) is 2.46. The van der Waals surface area contributed by atoms with Gasteiger partial charge in [0.1, 0.15) is 5.82 Å². The van der Waals surface area contributed by atoms with Gasteiger partial charge < -0.3 is 14.8 Å². The first kappa shape index (κ1) is 16.2. The van der Waals surface area contributed by atoms with Crippen LogP contribution in [-0.2, 0) is 13.5 Å². The van der Waals surface area contributed by atoms with E-state index in [1.807, 2.05) is 12.4 Å². The van der Waals surface area contributed by atoms with Gasteiger partial charge in [-0.1, -0.05) is 20.8 Å². The normalized spacial score (nSPS) is 13.1. The Morgan fingerprint density at radius 3 is 2.53 bits per heavy atom. The summed E-state index contributed by atoms with van der Waals surface area (Å²) in [5.74, 6) is 1.19. The third-order valence-electron chi connectivity index (χ3n) is 3.82. The third kappa shape index (κ3) is 5.74. The molecule has 0 saturated heterocycles. The van der Waals surface area contributed by atoms with Crippen molar-refractivity contribution in [3.8, 4) is 0 Å². The molecule has 0 saturated carbocycles. The fourth-order valence-electron chi connectivity index (χ4n) is 2.46. The molecule has 0 aliphatic rings. The number of nitrogens with one attached hydrogen (secondary N) is 1. The first-order valence-corrected chi connectivity index (χ1v) is 7.63. The topological polar surface area (TPSA) is 33.1 Å². The number of imidazole rings is 1. The van der Waals surface area contributed by atoms with Gasteiger partial charge in [-0.3, -0.25) is 0 Å². The molecule has 0 bridgehead atoms. The van der Waals surface area contributed by atoms with Gasteiger partial charge in [-0.15, -0.1) is 0 Å². The molecule has 0 aliphatic carbocycles. The monoisotopic (exact) mass is 266 g/mol. The Labute approximate surface area is 118 Å². The van der Waals surface area contributed by atoms with Gasteiger partial charge in [0.15, 0.2) is 0 Å². The molecule has 0 radical (unpaired) electrons. The summed E-state index contributed by atoms with van der Waals surface area (Å²) in [5.41, 5.74) is 0. The standard InChI is InChI=1S/C15H30N4/c1-5-16-14(10-12-19(6-2)7-3)8-9-15-17-11-13-18(15)4/h11,13-14,16H,5-10,12H2,1-4H3. The van der Waals surface area contributed by atoms with Crippen LogP contribution in [0.4, 0.5) is 0 Å². The van der Waals surface area contributed by atoms with Crippen LogP contribution in [0.15, 0.2) is 12.4 Å². The molecule has 1 heterocycles. The smallest absolute Gasteiger partial charge is 0.108 e. The maximum atomic E-state index is 4.40. The minimum atomic E-state index is 0.599. The Kier molecular flexibility index (Phi) is 7.75. The summed E-state index contributed by atoms with van der Waals surface area (Å²) in [6.45, 7) is 11.2. The second kappa shape index (κ2) is 9.10. The highest BCUT2D eigenvalue weighted by atomic mass is 15.1. The maximum Gasteiger partial charge on any atom is 0.108 e. The second-order valence-electron chi connectivity index (χ2n) is 5.06. The quantitative estimate of drug-likeness (QED) is 0.704. The molecule has 1 unspecified atom stereocenters. The van der Waals surface area contributed by atoms with Crippen molar-refractivity contribution in [1.82, 2.24) is 19.8 Å². The zero-order valence-corrected chi connectivity index (χ0v) is 13.0. The van der Waals surface area contributed by atoms with Gasteiger partial charge in [0.25, 0.3) is 0 Å². The van der Waals surface area contributed by atoms with Crippen LogP contribution in [0.3, 0.4) is 0 Å². The van der Waals surface area contributed by atoms with Crippen molar-refractivity contribution in [3.05, 3.63) is 18.2 Å². The molecule has 0 amide bonds. The minimum Gasteiger partial charge on any atom is -0.338 e. The van der Waals surface area contributed by atoms with Crippen molar-refractivity contribution < 1.29 is 0 Å². The molecular weight excluding hydrogens is 236 g/mol. The van der Waals surface area contributed by atoms with Crippen LogP contribution in [0.1, 0.15) is 39.4 Å². The summed E-state index contributed by atoms with van der Waals surface area (Å²) < 4.78 is 2.12. The third-order valence-corrected chi connectivity index (χ3v) is 3.82. The molecule has 4 heteroatoms. The molecule has 1 rings (SSSR count). The first-order valence-electron chi connectivity index (χ1n) is 7.63. The van der Waals surface area contributed by atoms with Gasteiger partial charge in [0.05, 0.1) is 0 Å². The van der Waals surface area contributed by atoms with E-state index in [0.29, 0.717) is 6.04 Å². The zero-order valence-electron chi connectivity index (χ0n) is 13.0. The first-order chi connectivity index (χ1) is 9.21. The van der Waals surface area contributed by atoms with E-state index in [1.165, 1.54) is 25.2 Å². The zero-order chi connectivity index (χ0) is 14.1. The Hall–Kier alpha value is -0.870. The lowest BCUT2D eigenvalue weighted by Crippen LogP contribution is -2.34. The van der Waals surface area contributed by atoms with Gasteiger partial charge in [-0.2, -0.15) is 0 Å². The SMILES string of the molecule is CCNC(CCc1nccn1C)CCN(CC)CC. The van der Waals surface area contributed by atoms with Crippen molar-refractivity contribution in [1.29, 1.82) is 0 Å². The van der Waals surface area contributed by atoms with Crippen LogP contribution in [0, 0.1) is 0 Å². The lowest BCUT2D eigenvalue weighted by atomic mass is 10.1. The predicted molar refractivity (Wildman–Crippen MR) is 81.4 cm³/mol. The van der Waals surface area contributed by atoms with Crippen LogP contribution in [-0.4, -0.2) is 46.7 Å². The lowest BCUT2D eigenvalue weighted by molar-refractivity contribution is 0.278. The molecule has 19 heavy (non-hydrogen) atoms. The van der Waals surface area contributed by atoms with Crippen LogP contribution >= 0.6 is 0 Å². The Balaban J connectivity index is 2.37. The summed E-state index contributed by atoms with van der Waals surface area (Å²) in [6, 6.07) is 0.599. The fraction of sp³-hybridized carbons (Fsp3) is 0.800. The van der Waals surface area contributed by atoms with Gasteiger partial charge in [0, 0.05) is 31.9 Å². The maximum absolute atomic E-state index is 4.40. The van der Waals surface area contributed by atoms with E-state index in [4.69, 9.17) is 0 Å². The minimum absolute atomic E-state index is 0.599. The molecule has 0 aromatic carbocycles. The van der Waals surface area contributed by atoms with E-state index in [1.54, 1.807) is 0 Å². The van der Waals surface area contributed by atoms with Gasteiger partial charge in [-0.25, -0.2) is 4.98 Å². The molecule has 4 nitrogen and oxygen atoms in total. The Morgan fingerprint density at radius 1 is 1.26 bits per heavy atom. The molecule has 110 valence electrons. The molecular formula is C15H30N4. The summed E-state index contributed by atoms with van der Waals surface area (Å²) >= 11 is 0. The lowest BCUT2D eigenvalue weighted by Gasteiger charge is -2.23. The molecule has 0 aliphatic heterocycles. The Morgan fingerprint density at radius 2 is 2.00 bits per heavy atom. The summed E-state index contributed by atoms with van der Waals surface area (Å²) in [7, 11) is 2.07.